The molecule has 1 aromatic carbocycles. The lowest BCUT2D eigenvalue weighted by Crippen LogP contribution is -2.44. The van der Waals surface area contributed by atoms with Crippen molar-refractivity contribution < 1.29 is 19.4 Å². The van der Waals surface area contributed by atoms with Crippen molar-refractivity contribution in [1.29, 1.82) is 0 Å². The van der Waals surface area contributed by atoms with Crippen LogP contribution in [0.25, 0.3) is 0 Å². The fraction of sp³-hybridized carbons (Fsp3) is 0.619. The molecule has 1 unspecified atom stereocenters. The van der Waals surface area contributed by atoms with E-state index in [4.69, 9.17) is 4.74 Å². The fourth-order valence-electron chi connectivity index (χ4n) is 3.43. The molecule has 1 saturated heterocycles. The zero-order valence-corrected chi connectivity index (χ0v) is 17.1. The topological polar surface area (TPSA) is 78.9 Å². The summed E-state index contributed by atoms with van der Waals surface area (Å²) >= 11 is 0. The van der Waals surface area contributed by atoms with Crippen molar-refractivity contribution >= 4 is 17.7 Å². The molecule has 6 nitrogen and oxygen atoms in total. The quantitative estimate of drug-likeness (QED) is 0.817. The Kier molecular flexibility index (Phi) is 6.73. The molecule has 2 N–H and O–H groups in total. The first-order valence-electron chi connectivity index (χ1n) is 9.64. The minimum absolute atomic E-state index is 0.224. The van der Waals surface area contributed by atoms with Gasteiger partial charge in [0, 0.05) is 25.2 Å². The van der Waals surface area contributed by atoms with E-state index in [-0.39, 0.29) is 6.42 Å². The van der Waals surface area contributed by atoms with Crippen molar-refractivity contribution in [2.75, 3.05) is 18.0 Å². The van der Waals surface area contributed by atoms with Gasteiger partial charge in [0.05, 0.1) is 0 Å². The maximum absolute atomic E-state index is 12.0. The Balaban J connectivity index is 2.14. The predicted molar refractivity (Wildman–Crippen MR) is 106 cm³/mol. The Morgan fingerprint density at radius 3 is 2.33 bits per heavy atom. The third-order valence-corrected chi connectivity index (χ3v) is 4.76. The number of piperidine rings is 1. The number of ether oxygens (including phenoxy) is 1. The Hall–Kier alpha value is -2.24. The second kappa shape index (κ2) is 8.63. The maximum Gasteiger partial charge on any atom is 0.408 e. The van der Waals surface area contributed by atoms with Crippen LogP contribution < -0.4 is 10.2 Å². The van der Waals surface area contributed by atoms with Gasteiger partial charge in [-0.1, -0.05) is 6.07 Å². The number of benzene rings is 1. The molecule has 1 aromatic rings. The largest absolute Gasteiger partial charge is 0.480 e. The van der Waals surface area contributed by atoms with Gasteiger partial charge < -0.3 is 20.1 Å². The summed E-state index contributed by atoms with van der Waals surface area (Å²) < 4.78 is 5.19. The lowest BCUT2D eigenvalue weighted by Gasteiger charge is -2.31. The van der Waals surface area contributed by atoms with Crippen LogP contribution in [0.15, 0.2) is 12.1 Å². The molecule has 0 aliphatic carbocycles. The highest BCUT2D eigenvalue weighted by Gasteiger charge is 2.25. The zero-order valence-electron chi connectivity index (χ0n) is 17.1. The highest BCUT2D eigenvalue weighted by atomic mass is 16.6. The zero-order chi connectivity index (χ0) is 20.2. The summed E-state index contributed by atoms with van der Waals surface area (Å²) in [5.74, 6) is -1.07. The van der Waals surface area contributed by atoms with Crippen LogP contribution in [-0.2, 0) is 16.0 Å². The first-order valence-corrected chi connectivity index (χ1v) is 9.64. The van der Waals surface area contributed by atoms with E-state index in [1.54, 1.807) is 20.8 Å². The summed E-state index contributed by atoms with van der Waals surface area (Å²) in [7, 11) is 0. The van der Waals surface area contributed by atoms with Crippen LogP contribution in [0, 0.1) is 13.8 Å². The number of rotatable bonds is 5. The SMILES string of the molecule is Cc1cc(N2CCCCC2)c(C)cc1CC(NC(=O)OC(C)(C)C)C(=O)O. The minimum atomic E-state index is -1.07. The number of anilines is 1. The van der Waals surface area contributed by atoms with Gasteiger partial charge in [0.25, 0.3) is 0 Å². The molecule has 0 bridgehead atoms. The smallest absolute Gasteiger partial charge is 0.408 e. The van der Waals surface area contributed by atoms with E-state index in [1.807, 2.05) is 13.0 Å². The maximum atomic E-state index is 12.0. The van der Waals surface area contributed by atoms with E-state index >= 15 is 0 Å². The highest BCUT2D eigenvalue weighted by molar-refractivity contribution is 5.80. The van der Waals surface area contributed by atoms with Crippen LogP contribution in [0.2, 0.25) is 0 Å². The minimum Gasteiger partial charge on any atom is -0.480 e. The molecular weight excluding hydrogens is 344 g/mol. The summed E-state index contributed by atoms with van der Waals surface area (Å²) in [4.78, 5) is 26.0. The lowest BCUT2D eigenvalue weighted by atomic mass is 9.96. The van der Waals surface area contributed by atoms with Crippen LogP contribution in [0.5, 0.6) is 0 Å². The second-order valence-corrected chi connectivity index (χ2v) is 8.35. The number of carbonyl (C=O) groups excluding carboxylic acids is 1. The molecule has 2 rings (SSSR count). The molecular formula is C21H32N2O4. The number of hydrogen-bond acceptors (Lipinski definition) is 4. The number of carboxylic acid groups (broad SMARTS) is 1. The van der Waals surface area contributed by atoms with Gasteiger partial charge in [-0.25, -0.2) is 9.59 Å². The lowest BCUT2D eigenvalue weighted by molar-refractivity contribution is -0.139. The van der Waals surface area contributed by atoms with Crippen LogP contribution in [-0.4, -0.2) is 41.9 Å². The summed E-state index contributed by atoms with van der Waals surface area (Å²) in [6, 6.07) is 3.16. The molecule has 0 aromatic heterocycles. The second-order valence-electron chi connectivity index (χ2n) is 8.35. The van der Waals surface area contributed by atoms with E-state index in [0.717, 1.165) is 29.8 Å². The molecule has 1 amide bonds. The number of carboxylic acids is 1. The van der Waals surface area contributed by atoms with Crippen molar-refractivity contribution in [3.63, 3.8) is 0 Å². The predicted octanol–water partition coefficient (Wildman–Crippen LogP) is 3.81. The molecule has 1 atom stereocenters. The molecule has 1 aliphatic rings. The first-order chi connectivity index (χ1) is 12.6. The van der Waals surface area contributed by atoms with Gasteiger partial charge in [0.15, 0.2) is 0 Å². The van der Waals surface area contributed by atoms with Crippen molar-refractivity contribution in [1.82, 2.24) is 5.32 Å². The Morgan fingerprint density at radius 2 is 1.78 bits per heavy atom. The summed E-state index contributed by atoms with van der Waals surface area (Å²) in [5, 5.41) is 12.0. The van der Waals surface area contributed by atoms with Crippen molar-refractivity contribution in [2.24, 2.45) is 0 Å². The molecule has 1 heterocycles. The number of hydrogen-bond donors (Lipinski definition) is 2. The van der Waals surface area contributed by atoms with E-state index in [0.29, 0.717) is 0 Å². The number of alkyl carbamates (subject to hydrolysis) is 1. The molecule has 0 saturated carbocycles. The van der Waals surface area contributed by atoms with E-state index < -0.39 is 23.7 Å². The third kappa shape index (κ3) is 6.15. The van der Waals surface area contributed by atoms with Gasteiger partial charge in [-0.15, -0.1) is 0 Å². The summed E-state index contributed by atoms with van der Waals surface area (Å²) in [6.07, 6.45) is 3.21. The Bertz CT molecular complexity index is 688. The number of nitrogens with one attached hydrogen (secondary N) is 1. The average molecular weight is 376 g/mol. The molecule has 27 heavy (non-hydrogen) atoms. The Morgan fingerprint density at radius 1 is 1.15 bits per heavy atom. The fourth-order valence-corrected chi connectivity index (χ4v) is 3.43. The van der Waals surface area contributed by atoms with Gasteiger partial charge in [-0.3, -0.25) is 0 Å². The number of nitrogens with zero attached hydrogens (tertiary/aromatic N) is 1. The van der Waals surface area contributed by atoms with Gasteiger partial charge in [-0.2, -0.15) is 0 Å². The van der Waals surface area contributed by atoms with Gasteiger partial charge >= 0.3 is 12.1 Å². The first kappa shape index (κ1) is 21.1. The van der Waals surface area contributed by atoms with Crippen molar-refractivity contribution in [3.05, 3.63) is 28.8 Å². The van der Waals surface area contributed by atoms with E-state index in [2.05, 4.69) is 23.2 Å². The molecule has 1 aliphatic heterocycles. The molecule has 6 heteroatoms. The van der Waals surface area contributed by atoms with E-state index in [9.17, 15) is 14.7 Å². The number of aliphatic carboxylic acids is 1. The van der Waals surface area contributed by atoms with Crippen LogP contribution in [0.1, 0.15) is 56.7 Å². The Labute approximate surface area is 161 Å². The van der Waals surface area contributed by atoms with Crippen LogP contribution in [0.3, 0.4) is 0 Å². The normalized spacial score (nSPS) is 16.0. The van der Waals surface area contributed by atoms with Crippen molar-refractivity contribution in [2.45, 2.75) is 71.9 Å². The molecule has 1 fully saturated rings. The van der Waals surface area contributed by atoms with E-state index in [1.165, 1.54) is 24.9 Å². The summed E-state index contributed by atoms with van der Waals surface area (Å²) in [6.45, 7) is 11.4. The molecule has 0 spiro atoms. The van der Waals surface area contributed by atoms with Crippen molar-refractivity contribution in [3.8, 4) is 0 Å². The number of carbonyl (C=O) groups is 2. The molecule has 0 radical (unpaired) electrons. The van der Waals surface area contributed by atoms with Gasteiger partial charge in [0.1, 0.15) is 11.6 Å². The average Bonchev–Trinajstić information content (AvgIpc) is 2.56. The van der Waals surface area contributed by atoms with Crippen LogP contribution in [0.4, 0.5) is 10.5 Å². The standard InChI is InChI=1S/C21H32N2O4/c1-14-12-18(23-9-7-6-8-10-23)15(2)11-16(14)13-17(19(24)25)22-20(26)27-21(3,4)5/h11-12,17H,6-10,13H2,1-5H3,(H,22,26)(H,24,25). The monoisotopic (exact) mass is 376 g/mol. The van der Waals surface area contributed by atoms with Gasteiger partial charge in [0.2, 0.25) is 0 Å². The summed E-state index contributed by atoms with van der Waals surface area (Å²) in [5.41, 5.74) is 3.66. The number of amides is 1. The van der Waals surface area contributed by atoms with Gasteiger partial charge in [-0.05, 0) is 76.6 Å². The highest BCUT2D eigenvalue weighted by Crippen LogP contribution is 2.27. The molecule has 150 valence electrons. The third-order valence-electron chi connectivity index (χ3n) is 4.76. The number of aryl methyl sites for hydroxylation is 2. The van der Waals surface area contributed by atoms with Crippen LogP contribution >= 0.6 is 0 Å².